The summed E-state index contributed by atoms with van der Waals surface area (Å²) in [6, 6.07) is 15.3. The SMILES string of the molecule is CC(C)(C)N(CC(=O)Nc1ccc(F)cc1)CC(=O)c1cn(CCC#N)c2ccccc12. The summed E-state index contributed by atoms with van der Waals surface area (Å²) in [6.07, 6.45) is 2.15. The Kier molecular flexibility index (Phi) is 7.06. The Bertz CT molecular complexity index is 1150. The van der Waals surface area contributed by atoms with Gasteiger partial charge < -0.3 is 9.88 Å². The number of benzene rings is 2. The van der Waals surface area contributed by atoms with Crippen molar-refractivity contribution in [2.45, 2.75) is 39.3 Å². The molecule has 7 heteroatoms. The van der Waals surface area contributed by atoms with Gasteiger partial charge in [-0.3, -0.25) is 14.5 Å². The van der Waals surface area contributed by atoms with E-state index in [1.54, 1.807) is 6.20 Å². The molecule has 0 spiro atoms. The fourth-order valence-electron chi connectivity index (χ4n) is 3.52. The Balaban J connectivity index is 1.79. The molecular formula is C25H27FN4O2. The molecule has 0 aliphatic rings. The Labute approximate surface area is 187 Å². The number of hydrogen-bond acceptors (Lipinski definition) is 4. The minimum atomic E-state index is -0.436. The van der Waals surface area contributed by atoms with Crippen molar-refractivity contribution in [3.05, 3.63) is 66.1 Å². The lowest BCUT2D eigenvalue weighted by atomic mass is 10.0. The number of fused-ring (bicyclic) bond motifs is 1. The summed E-state index contributed by atoms with van der Waals surface area (Å²) in [7, 11) is 0. The van der Waals surface area contributed by atoms with Gasteiger partial charge in [0.05, 0.1) is 25.6 Å². The average molecular weight is 435 g/mol. The standard InChI is InChI=1S/C25H27FN4O2/c1-25(2,3)30(17-24(32)28-19-11-9-18(26)10-12-19)16-23(31)21-15-29(14-6-13-27)22-8-5-4-7-20(21)22/h4-5,7-12,15H,6,14,16-17H2,1-3H3,(H,28,32). The lowest BCUT2D eigenvalue weighted by Crippen LogP contribution is -2.48. The smallest absolute Gasteiger partial charge is 0.238 e. The molecule has 0 saturated heterocycles. The second-order valence-corrected chi connectivity index (χ2v) is 8.67. The number of nitrogens with one attached hydrogen (secondary N) is 1. The van der Waals surface area contributed by atoms with E-state index in [4.69, 9.17) is 5.26 Å². The van der Waals surface area contributed by atoms with Crippen molar-refractivity contribution in [1.29, 1.82) is 5.26 Å². The van der Waals surface area contributed by atoms with Gasteiger partial charge in [0, 0.05) is 40.4 Å². The molecule has 3 rings (SSSR count). The summed E-state index contributed by atoms with van der Waals surface area (Å²) in [5, 5.41) is 12.5. The number of rotatable bonds is 8. The maximum atomic E-state index is 13.3. The third-order valence-electron chi connectivity index (χ3n) is 5.30. The van der Waals surface area contributed by atoms with Gasteiger partial charge >= 0.3 is 0 Å². The molecule has 32 heavy (non-hydrogen) atoms. The predicted octanol–water partition coefficient (Wildman–Crippen LogP) is 4.62. The third kappa shape index (κ3) is 5.59. The van der Waals surface area contributed by atoms with E-state index < -0.39 is 5.54 Å². The number of aromatic nitrogens is 1. The van der Waals surface area contributed by atoms with E-state index in [1.807, 2.05) is 54.5 Å². The van der Waals surface area contributed by atoms with Crippen LogP contribution in [0.3, 0.4) is 0 Å². The summed E-state index contributed by atoms with van der Waals surface area (Å²) in [4.78, 5) is 27.7. The zero-order chi connectivity index (χ0) is 23.3. The number of para-hydroxylation sites is 1. The first-order chi connectivity index (χ1) is 15.2. The van der Waals surface area contributed by atoms with Crippen LogP contribution in [-0.2, 0) is 11.3 Å². The predicted molar refractivity (Wildman–Crippen MR) is 123 cm³/mol. The molecule has 1 N–H and O–H groups in total. The Morgan fingerprint density at radius 2 is 1.78 bits per heavy atom. The summed E-state index contributed by atoms with van der Waals surface area (Å²) in [5.74, 6) is -0.754. The molecule has 0 atom stereocenters. The van der Waals surface area contributed by atoms with E-state index in [-0.39, 0.29) is 30.6 Å². The van der Waals surface area contributed by atoms with E-state index in [0.29, 0.717) is 24.2 Å². The number of nitrogens with zero attached hydrogens (tertiary/aromatic N) is 3. The maximum Gasteiger partial charge on any atom is 0.238 e. The van der Waals surface area contributed by atoms with Crippen molar-refractivity contribution >= 4 is 28.3 Å². The van der Waals surface area contributed by atoms with E-state index in [1.165, 1.54) is 24.3 Å². The van der Waals surface area contributed by atoms with Crippen LogP contribution < -0.4 is 5.32 Å². The van der Waals surface area contributed by atoms with Crippen LogP contribution >= 0.6 is 0 Å². The van der Waals surface area contributed by atoms with Crippen LogP contribution in [0.1, 0.15) is 37.6 Å². The molecule has 0 bridgehead atoms. The third-order valence-corrected chi connectivity index (χ3v) is 5.30. The Hall–Kier alpha value is -3.50. The van der Waals surface area contributed by atoms with Crippen LogP contribution in [0.5, 0.6) is 0 Å². The highest BCUT2D eigenvalue weighted by molar-refractivity contribution is 6.09. The van der Waals surface area contributed by atoms with Crippen molar-refractivity contribution in [2.75, 3.05) is 18.4 Å². The number of hydrogen-bond donors (Lipinski definition) is 1. The molecule has 0 aliphatic carbocycles. The van der Waals surface area contributed by atoms with Crippen LogP contribution in [0.15, 0.2) is 54.7 Å². The quantitative estimate of drug-likeness (QED) is 0.525. The number of aryl methyl sites for hydroxylation is 1. The zero-order valence-electron chi connectivity index (χ0n) is 18.6. The van der Waals surface area contributed by atoms with Crippen LogP contribution in [0, 0.1) is 17.1 Å². The summed E-state index contributed by atoms with van der Waals surface area (Å²) < 4.78 is 15.0. The molecule has 2 aromatic carbocycles. The first-order valence-electron chi connectivity index (χ1n) is 10.5. The van der Waals surface area contributed by atoms with Crippen LogP contribution in [0.4, 0.5) is 10.1 Å². The highest BCUT2D eigenvalue weighted by atomic mass is 19.1. The van der Waals surface area contributed by atoms with Gasteiger partial charge in [-0.25, -0.2) is 4.39 Å². The van der Waals surface area contributed by atoms with Gasteiger partial charge in [-0.15, -0.1) is 0 Å². The first-order valence-corrected chi connectivity index (χ1v) is 10.5. The van der Waals surface area contributed by atoms with E-state index >= 15 is 0 Å². The van der Waals surface area contributed by atoms with Crippen LogP contribution in [-0.4, -0.2) is 39.8 Å². The van der Waals surface area contributed by atoms with Gasteiger partial charge in [-0.1, -0.05) is 18.2 Å². The highest BCUT2D eigenvalue weighted by Gasteiger charge is 2.27. The van der Waals surface area contributed by atoms with Crippen molar-refractivity contribution in [1.82, 2.24) is 9.47 Å². The molecule has 0 fully saturated rings. The molecule has 0 saturated carbocycles. The Morgan fingerprint density at radius 3 is 2.44 bits per heavy atom. The molecule has 0 unspecified atom stereocenters. The molecule has 0 radical (unpaired) electrons. The largest absolute Gasteiger partial charge is 0.346 e. The van der Waals surface area contributed by atoms with Gasteiger partial charge in [0.2, 0.25) is 5.91 Å². The number of carbonyl (C=O) groups is 2. The van der Waals surface area contributed by atoms with Gasteiger partial charge in [0.25, 0.3) is 0 Å². The second-order valence-electron chi connectivity index (χ2n) is 8.67. The molecular weight excluding hydrogens is 407 g/mol. The fourth-order valence-corrected chi connectivity index (χ4v) is 3.52. The van der Waals surface area contributed by atoms with Crippen molar-refractivity contribution < 1.29 is 14.0 Å². The number of carbonyl (C=O) groups excluding carboxylic acids is 2. The lowest BCUT2D eigenvalue weighted by Gasteiger charge is -2.34. The summed E-state index contributed by atoms with van der Waals surface area (Å²) in [5.41, 5.74) is 1.54. The number of halogens is 1. The lowest BCUT2D eigenvalue weighted by molar-refractivity contribution is -0.118. The normalized spacial score (nSPS) is 11.5. The Morgan fingerprint density at radius 1 is 1.09 bits per heavy atom. The highest BCUT2D eigenvalue weighted by Crippen LogP contribution is 2.24. The fraction of sp³-hybridized carbons (Fsp3) is 0.320. The van der Waals surface area contributed by atoms with Gasteiger partial charge in [-0.05, 0) is 51.1 Å². The number of ketones is 1. The first kappa shape index (κ1) is 23.2. The minimum Gasteiger partial charge on any atom is -0.346 e. The second kappa shape index (κ2) is 9.75. The van der Waals surface area contributed by atoms with Crippen molar-refractivity contribution in [3.8, 4) is 6.07 Å². The average Bonchev–Trinajstić information content (AvgIpc) is 3.11. The van der Waals surface area contributed by atoms with E-state index in [9.17, 15) is 14.0 Å². The number of amides is 1. The van der Waals surface area contributed by atoms with E-state index in [2.05, 4.69) is 11.4 Å². The molecule has 0 aliphatic heterocycles. The number of anilines is 1. The van der Waals surface area contributed by atoms with Crippen LogP contribution in [0.2, 0.25) is 0 Å². The molecule has 3 aromatic rings. The van der Waals surface area contributed by atoms with Gasteiger partial charge in [-0.2, -0.15) is 5.26 Å². The maximum absolute atomic E-state index is 13.3. The van der Waals surface area contributed by atoms with Gasteiger partial charge in [0.1, 0.15) is 5.82 Å². The minimum absolute atomic E-state index is 0.0136. The summed E-state index contributed by atoms with van der Waals surface area (Å²) >= 11 is 0. The number of Topliss-reactive ketones (excluding diaryl/α,β-unsaturated/α-hetero) is 1. The zero-order valence-corrected chi connectivity index (χ0v) is 18.6. The molecule has 1 heterocycles. The molecule has 1 aromatic heterocycles. The number of nitriles is 1. The van der Waals surface area contributed by atoms with Crippen LogP contribution in [0.25, 0.3) is 10.9 Å². The molecule has 166 valence electrons. The monoisotopic (exact) mass is 434 g/mol. The van der Waals surface area contributed by atoms with Crippen molar-refractivity contribution in [2.24, 2.45) is 0 Å². The van der Waals surface area contributed by atoms with E-state index in [0.717, 1.165) is 10.9 Å². The van der Waals surface area contributed by atoms with Crippen molar-refractivity contribution in [3.63, 3.8) is 0 Å². The van der Waals surface area contributed by atoms with Gasteiger partial charge in [0.15, 0.2) is 5.78 Å². The molecule has 6 nitrogen and oxygen atoms in total. The molecule has 1 amide bonds. The topological polar surface area (TPSA) is 78.1 Å². The summed E-state index contributed by atoms with van der Waals surface area (Å²) in [6.45, 7) is 6.42.